The van der Waals surface area contributed by atoms with Crippen molar-refractivity contribution in [1.82, 2.24) is 10.6 Å². The molecule has 0 saturated carbocycles. The third kappa shape index (κ3) is 4.61. The van der Waals surface area contributed by atoms with Crippen molar-refractivity contribution in [3.8, 4) is 23.0 Å². The summed E-state index contributed by atoms with van der Waals surface area (Å²) in [6.07, 6.45) is -0.202. The zero-order chi connectivity index (χ0) is 20.8. The maximum absolute atomic E-state index is 12.1. The van der Waals surface area contributed by atoms with Crippen molar-refractivity contribution in [1.29, 1.82) is 0 Å². The van der Waals surface area contributed by atoms with Gasteiger partial charge in [-0.3, -0.25) is 9.59 Å². The number of benzene rings is 2. The lowest BCUT2D eigenvalue weighted by Crippen LogP contribution is -2.43. The van der Waals surface area contributed by atoms with Crippen molar-refractivity contribution in [2.24, 2.45) is 0 Å². The Hall–Kier alpha value is -3.95. The third-order valence-electron chi connectivity index (χ3n) is 3.84. The van der Waals surface area contributed by atoms with Crippen LogP contribution in [0.25, 0.3) is 0 Å². The molecule has 2 amide bonds. The Labute approximate surface area is 158 Å². The van der Waals surface area contributed by atoms with Crippen LogP contribution in [0.5, 0.6) is 23.0 Å². The van der Waals surface area contributed by atoms with E-state index in [1.54, 1.807) is 0 Å². The lowest BCUT2D eigenvalue weighted by atomic mass is 10.1. The molecular weight excluding hydrogens is 372 g/mol. The molecule has 0 radical (unpaired) electrons. The van der Waals surface area contributed by atoms with Gasteiger partial charge in [0, 0.05) is 6.54 Å². The zero-order valence-electron chi connectivity index (χ0n) is 14.4. The van der Waals surface area contributed by atoms with Gasteiger partial charge in [-0.1, -0.05) is 12.1 Å². The molecule has 0 spiro atoms. The number of rotatable bonds is 7. The van der Waals surface area contributed by atoms with E-state index in [1.165, 1.54) is 30.3 Å². The number of carboxylic acids is 1. The lowest BCUT2D eigenvalue weighted by Gasteiger charge is -2.16. The van der Waals surface area contributed by atoms with E-state index in [0.717, 1.165) is 6.07 Å². The van der Waals surface area contributed by atoms with Gasteiger partial charge >= 0.3 is 5.97 Å². The van der Waals surface area contributed by atoms with Crippen LogP contribution in [0.1, 0.15) is 27.1 Å². The molecule has 2 aromatic rings. The minimum Gasteiger partial charge on any atom is -0.504 e. The van der Waals surface area contributed by atoms with Crippen molar-refractivity contribution >= 4 is 17.8 Å². The Morgan fingerprint density at radius 2 is 1.32 bits per heavy atom. The number of hydrogen-bond acceptors (Lipinski definition) is 7. The second-order valence-corrected chi connectivity index (χ2v) is 5.76. The largest absolute Gasteiger partial charge is 0.504 e. The fourth-order valence-corrected chi connectivity index (χ4v) is 2.35. The molecule has 0 aliphatic rings. The van der Waals surface area contributed by atoms with Crippen LogP contribution in [0.2, 0.25) is 0 Å². The minimum atomic E-state index is -1.40. The molecule has 0 aromatic heterocycles. The van der Waals surface area contributed by atoms with Crippen molar-refractivity contribution in [2.75, 3.05) is 6.54 Å². The van der Waals surface area contributed by atoms with Crippen molar-refractivity contribution in [3.05, 3.63) is 47.5 Å². The number of phenolic OH excluding ortho intramolecular Hbond substituents is 4. The third-order valence-corrected chi connectivity index (χ3v) is 3.84. The molecule has 10 nitrogen and oxygen atoms in total. The van der Waals surface area contributed by atoms with E-state index in [1.807, 2.05) is 0 Å². The Morgan fingerprint density at radius 3 is 1.82 bits per heavy atom. The van der Waals surface area contributed by atoms with Gasteiger partial charge in [-0.2, -0.15) is 0 Å². The Kier molecular flexibility index (Phi) is 6.27. The number of aromatic hydroxyl groups is 4. The van der Waals surface area contributed by atoms with E-state index >= 15 is 0 Å². The normalized spacial score (nSPS) is 11.4. The number of para-hydroxylation sites is 2. The number of carboxylic acid groups (broad SMARTS) is 1. The van der Waals surface area contributed by atoms with Gasteiger partial charge in [0.1, 0.15) is 6.04 Å². The summed E-state index contributed by atoms with van der Waals surface area (Å²) in [4.78, 5) is 35.5. The molecule has 148 valence electrons. The van der Waals surface area contributed by atoms with Crippen LogP contribution in [0, 0.1) is 0 Å². The first-order valence-electron chi connectivity index (χ1n) is 8.06. The van der Waals surface area contributed by atoms with Gasteiger partial charge in [-0.15, -0.1) is 0 Å². The van der Waals surface area contributed by atoms with E-state index in [9.17, 15) is 39.9 Å². The number of nitrogens with one attached hydrogen (secondary N) is 2. The number of phenols is 4. The number of carbonyl (C=O) groups excluding carboxylic acids is 2. The first-order valence-corrected chi connectivity index (χ1v) is 8.06. The van der Waals surface area contributed by atoms with Crippen LogP contribution >= 0.6 is 0 Å². The van der Waals surface area contributed by atoms with E-state index in [0.29, 0.717) is 0 Å². The summed E-state index contributed by atoms with van der Waals surface area (Å²) in [5, 5.41) is 51.9. The molecule has 2 rings (SSSR count). The van der Waals surface area contributed by atoms with Gasteiger partial charge in [0.05, 0.1) is 11.1 Å². The highest BCUT2D eigenvalue weighted by Gasteiger charge is 2.23. The fraction of sp³-hybridized carbons (Fsp3) is 0.167. The first-order chi connectivity index (χ1) is 13.2. The van der Waals surface area contributed by atoms with E-state index in [-0.39, 0.29) is 24.1 Å². The molecule has 0 saturated heterocycles. The van der Waals surface area contributed by atoms with Gasteiger partial charge in [0.25, 0.3) is 11.8 Å². The van der Waals surface area contributed by atoms with Crippen molar-refractivity contribution < 1.29 is 39.9 Å². The Bertz CT molecular complexity index is 912. The maximum atomic E-state index is 12.1. The molecule has 7 N–H and O–H groups in total. The summed E-state index contributed by atoms with van der Waals surface area (Å²) >= 11 is 0. The molecule has 0 fully saturated rings. The van der Waals surface area contributed by atoms with Gasteiger partial charge in [0.2, 0.25) is 0 Å². The Morgan fingerprint density at radius 1 is 0.821 bits per heavy atom. The molecule has 1 atom stereocenters. The Balaban J connectivity index is 1.99. The van der Waals surface area contributed by atoms with Crippen molar-refractivity contribution in [3.63, 3.8) is 0 Å². The zero-order valence-corrected chi connectivity index (χ0v) is 14.4. The molecule has 0 aliphatic carbocycles. The maximum Gasteiger partial charge on any atom is 0.326 e. The summed E-state index contributed by atoms with van der Waals surface area (Å²) in [5.74, 6) is -5.33. The van der Waals surface area contributed by atoms with Gasteiger partial charge in [-0.05, 0) is 30.7 Å². The predicted octanol–water partition coefficient (Wildman–Crippen LogP) is 0.512. The highest BCUT2D eigenvalue weighted by molar-refractivity contribution is 5.99. The van der Waals surface area contributed by atoms with Crippen LogP contribution in [0.15, 0.2) is 36.4 Å². The summed E-state index contributed by atoms with van der Waals surface area (Å²) in [6.45, 7) is -0.169. The van der Waals surface area contributed by atoms with E-state index in [2.05, 4.69) is 10.6 Å². The van der Waals surface area contributed by atoms with E-state index in [4.69, 9.17) is 0 Å². The number of aliphatic carboxylic acids is 1. The number of carbonyl (C=O) groups is 3. The molecule has 28 heavy (non-hydrogen) atoms. The number of hydrogen-bond donors (Lipinski definition) is 7. The predicted molar refractivity (Wildman–Crippen MR) is 95.4 cm³/mol. The fourth-order valence-electron chi connectivity index (χ4n) is 2.35. The molecule has 0 aliphatic heterocycles. The quantitative estimate of drug-likeness (QED) is 0.334. The highest BCUT2D eigenvalue weighted by Crippen LogP contribution is 2.28. The van der Waals surface area contributed by atoms with Crippen LogP contribution in [-0.2, 0) is 4.79 Å². The van der Waals surface area contributed by atoms with Gasteiger partial charge in [-0.25, -0.2) is 4.79 Å². The first kappa shape index (κ1) is 20.4. The monoisotopic (exact) mass is 390 g/mol. The van der Waals surface area contributed by atoms with Crippen LogP contribution in [0.3, 0.4) is 0 Å². The molecule has 2 aromatic carbocycles. The SMILES string of the molecule is O=C(NCC[C@H](NC(=O)c1cccc(O)c1O)C(=O)O)c1cccc(O)c1O. The standard InChI is InChI=1S/C18H18N2O8/c21-12-5-1-3-9(14(12)23)16(25)19-8-7-11(18(27)28)20-17(26)10-4-2-6-13(22)15(10)24/h1-6,11,21-24H,7-8H2,(H,19,25)(H,20,26)(H,27,28)/t11-/m0/s1. The highest BCUT2D eigenvalue weighted by atomic mass is 16.4. The van der Waals surface area contributed by atoms with Crippen molar-refractivity contribution in [2.45, 2.75) is 12.5 Å². The summed E-state index contributed by atoms with van der Waals surface area (Å²) in [6, 6.07) is 6.09. The molecule has 10 heteroatoms. The van der Waals surface area contributed by atoms with Crippen LogP contribution in [-0.4, -0.2) is 55.9 Å². The summed E-state index contributed by atoms with van der Waals surface area (Å²) in [5.41, 5.74) is -0.499. The van der Waals surface area contributed by atoms with Crippen LogP contribution < -0.4 is 10.6 Å². The van der Waals surface area contributed by atoms with Gasteiger partial charge in [0.15, 0.2) is 23.0 Å². The average molecular weight is 390 g/mol. The molecule has 0 bridgehead atoms. The minimum absolute atomic E-state index is 0.169. The average Bonchev–Trinajstić information content (AvgIpc) is 2.64. The lowest BCUT2D eigenvalue weighted by molar-refractivity contribution is -0.139. The summed E-state index contributed by atoms with van der Waals surface area (Å²) < 4.78 is 0. The number of amides is 2. The van der Waals surface area contributed by atoms with Crippen LogP contribution in [0.4, 0.5) is 0 Å². The molecular formula is C18H18N2O8. The van der Waals surface area contributed by atoms with E-state index < -0.39 is 46.8 Å². The topological polar surface area (TPSA) is 176 Å². The van der Waals surface area contributed by atoms with Gasteiger partial charge < -0.3 is 36.2 Å². The summed E-state index contributed by atoms with van der Waals surface area (Å²) in [7, 11) is 0. The second-order valence-electron chi connectivity index (χ2n) is 5.76. The smallest absolute Gasteiger partial charge is 0.326 e. The second kappa shape index (κ2) is 8.62. The molecule has 0 heterocycles. The molecule has 0 unspecified atom stereocenters.